The highest BCUT2D eigenvalue weighted by molar-refractivity contribution is 7.27. The summed E-state index contributed by atoms with van der Waals surface area (Å²) in [4.78, 5) is 7.14. The van der Waals surface area contributed by atoms with Gasteiger partial charge >= 0.3 is 0 Å². The van der Waals surface area contributed by atoms with Gasteiger partial charge in [0.1, 0.15) is 5.52 Å². The first kappa shape index (κ1) is 27.9. The highest BCUT2D eigenvalue weighted by atomic mass is 32.1. The maximum atomic E-state index is 6.13. The fourth-order valence-electron chi connectivity index (χ4n) is 7.45. The second-order valence-corrected chi connectivity index (χ2v) is 14.9. The van der Waals surface area contributed by atoms with Crippen molar-refractivity contribution in [3.63, 3.8) is 0 Å². The molecule has 5 heteroatoms. The third kappa shape index (κ3) is 4.24. The zero-order valence-corrected chi connectivity index (χ0v) is 28.3. The van der Waals surface area contributed by atoms with Crippen LogP contribution in [0, 0.1) is 0 Å². The van der Waals surface area contributed by atoms with E-state index in [1.54, 1.807) is 0 Å². The lowest BCUT2D eigenvalue weighted by Gasteiger charge is -2.26. The van der Waals surface area contributed by atoms with Crippen LogP contribution < -0.4 is 4.90 Å². The number of benzene rings is 8. The zero-order chi connectivity index (χ0) is 32.8. The van der Waals surface area contributed by atoms with Gasteiger partial charge in [-0.3, -0.25) is 0 Å². The van der Waals surface area contributed by atoms with Crippen LogP contribution in [-0.4, -0.2) is 4.98 Å². The SMILES string of the molecule is c1ccc2oc(-c3ccc(N(c4ccc5ccc6c7ccccc7sc6c5c4)c4ccc5ccc6c7ccccc7sc6c5c4)cc3)nc2c1. The van der Waals surface area contributed by atoms with Crippen molar-refractivity contribution in [3.05, 3.63) is 158 Å². The second-order valence-electron chi connectivity index (χ2n) is 12.8. The number of anilines is 3. The predicted octanol–water partition coefficient (Wildman–Crippen LogP) is 14.0. The minimum Gasteiger partial charge on any atom is -0.436 e. The monoisotopic (exact) mass is 674 g/mol. The Labute approximate surface area is 294 Å². The molecular weight excluding hydrogens is 649 g/mol. The topological polar surface area (TPSA) is 29.3 Å². The van der Waals surface area contributed by atoms with Crippen molar-refractivity contribution in [1.29, 1.82) is 0 Å². The molecule has 0 unspecified atom stereocenters. The minimum atomic E-state index is 0.625. The first-order chi connectivity index (χ1) is 24.7. The third-order valence-corrected chi connectivity index (χ3v) is 12.3. The minimum absolute atomic E-state index is 0.625. The molecule has 11 rings (SSSR count). The molecule has 3 heterocycles. The van der Waals surface area contributed by atoms with Gasteiger partial charge in [0, 0.05) is 73.7 Å². The molecule has 0 aliphatic heterocycles. The standard InChI is InChI=1S/C45H26N2OS2/c1-5-11-41-33(7-1)35-23-17-27-13-21-31(25-37(27)43(35)49-41)47(30-19-15-29(16-20-30)45-46-39-9-3-4-10-40(39)48-45)32-22-14-28-18-24-36-34-8-2-6-12-42(34)50-44(36)38(28)26-32/h1-26H. The summed E-state index contributed by atoms with van der Waals surface area (Å²) >= 11 is 3.75. The average molecular weight is 675 g/mol. The first-order valence-electron chi connectivity index (χ1n) is 16.7. The Morgan fingerprint density at radius 1 is 0.440 bits per heavy atom. The van der Waals surface area contributed by atoms with Crippen molar-refractivity contribution < 1.29 is 4.42 Å². The number of thiophene rings is 2. The van der Waals surface area contributed by atoms with E-state index in [4.69, 9.17) is 9.40 Å². The van der Waals surface area contributed by atoms with Gasteiger partial charge in [-0.2, -0.15) is 0 Å². The van der Waals surface area contributed by atoms with Gasteiger partial charge in [0.05, 0.1) is 0 Å². The molecule has 0 saturated heterocycles. The normalized spacial score (nSPS) is 12.0. The van der Waals surface area contributed by atoms with Crippen LogP contribution in [0.25, 0.3) is 84.4 Å². The van der Waals surface area contributed by atoms with Gasteiger partial charge in [0.25, 0.3) is 0 Å². The highest BCUT2D eigenvalue weighted by Crippen LogP contribution is 2.44. The first-order valence-corrected chi connectivity index (χ1v) is 18.3. The van der Waals surface area contributed by atoms with E-state index in [1.165, 1.54) is 61.9 Å². The van der Waals surface area contributed by atoms with Crippen molar-refractivity contribution in [3.8, 4) is 11.5 Å². The van der Waals surface area contributed by atoms with Gasteiger partial charge in [0.15, 0.2) is 5.58 Å². The molecule has 0 N–H and O–H groups in total. The average Bonchev–Trinajstić information content (AvgIpc) is 3.89. The van der Waals surface area contributed by atoms with Crippen molar-refractivity contribution in [1.82, 2.24) is 4.98 Å². The molecule has 0 radical (unpaired) electrons. The molecule has 0 saturated carbocycles. The van der Waals surface area contributed by atoms with Gasteiger partial charge in [0.2, 0.25) is 5.89 Å². The van der Waals surface area contributed by atoms with Crippen molar-refractivity contribution >= 4 is 113 Å². The maximum absolute atomic E-state index is 6.13. The summed E-state index contributed by atoms with van der Waals surface area (Å²) in [6.07, 6.45) is 0. The molecule has 0 aliphatic rings. The van der Waals surface area contributed by atoms with Gasteiger partial charge < -0.3 is 9.32 Å². The summed E-state index contributed by atoms with van der Waals surface area (Å²) in [5.74, 6) is 0.625. The van der Waals surface area contributed by atoms with E-state index in [2.05, 4.69) is 138 Å². The molecule has 11 aromatic rings. The van der Waals surface area contributed by atoms with Crippen LogP contribution in [0.15, 0.2) is 162 Å². The Hall–Kier alpha value is -6.01. The molecule has 0 bridgehead atoms. The fraction of sp³-hybridized carbons (Fsp3) is 0. The van der Waals surface area contributed by atoms with E-state index < -0.39 is 0 Å². The number of para-hydroxylation sites is 2. The Morgan fingerprint density at radius 3 is 1.56 bits per heavy atom. The van der Waals surface area contributed by atoms with E-state index in [0.717, 1.165) is 33.7 Å². The maximum Gasteiger partial charge on any atom is 0.227 e. The van der Waals surface area contributed by atoms with E-state index in [0.29, 0.717) is 5.89 Å². The van der Waals surface area contributed by atoms with Crippen molar-refractivity contribution in [2.45, 2.75) is 0 Å². The fourth-order valence-corrected chi connectivity index (χ4v) is 9.91. The third-order valence-electron chi connectivity index (χ3n) is 9.87. The van der Waals surface area contributed by atoms with E-state index in [-0.39, 0.29) is 0 Å². The molecule has 50 heavy (non-hydrogen) atoms. The number of oxazole rings is 1. The van der Waals surface area contributed by atoms with Gasteiger partial charge in [-0.15, -0.1) is 22.7 Å². The summed E-state index contributed by atoms with van der Waals surface area (Å²) in [7, 11) is 0. The lowest BCUT2D eigenvalue weighted by atomic mass is 10.0. The number of nitrogens with zero attached hydrogens (tertiary/aromatic N) is 2. The Kier molecular flexibility index (Phi) is 5.99. The van der Waals surface area contributed by atoms with Crippen molar-refractivity contribution in [2.24, 2.45) is 0 Å². The van der Waals surface area contributed by atoms with E-state index in [1.807, 2.05) is 46.9 Å². The van der Waals surface area contributed by atoms with Crippen molar-refractivity contribution in [2.75, 3.05) is 4.90 Å². The second kappa shape index (κ2) is 10.7. The summed E-state index contributed by atoms with van der Waals surface area (Å²) in [6, 6.07) is 56.8. The zero-order valence-electron chi connectivity index (χ0n) is 26.6. The lowest BCUT2D eigenvalue weighted by Crippen LogP contribution is -2.10. The molecule has 234 valence electrons. The highest BCUT2D eigenvalue weighted by Gasteiger charge is 2.18. The van der Waals surface area contributed by atoms with Gasteiger partial charge in [-0.1, -0.05) is 84.9 Å². The molecule has 0 fully saturated rings. The van der Waals surface area contributed by atoms with Gasteiger partial charge in [-0.05, 0) is 83.6 Å². The molecule has 0 spiro atoms. The molecule has 8 aromatic carbocycles. The summed E-state index contributed by atoms with van der Waals surface area (Å²) in [5.41, 5.74) is 5.89. The molecule has 0 atom stereocenters. The number of fused-ring (bicyclic) bond motifs is 11. The largest absolute Gasteiger partial charge is 0.436 e. The Balaban J connectivity index is 1.13. The quantitative estimate of drug-likeness (QED) is 0.186. The van der Waals surface area contributed by atoms with Crippen LogP contribution in [0.3, 0.4) is 0 Å². The van der Waals surface area contributed by atoms with Crippen LogP contribution in [0.5, 0.6) is 0 Å². The molecule has 0 amide bonds. The van der Waals surface area contributed by atoms with Crippen LogP contribution in [0.1, 0.15) is 0 Å². The summed E-state index contributed by atoms with van der Waals surface area (Å²) in [6.45, 7) is 0. The van der Waals surface area contributed by atoms with E-state index >= 15 is 0 Å². The number of aromatic nitrogens is 1. The number of hydrogen-bond acceptors (Lipinski definition) is 5. The predicted molar refractivity (Wildman–Crippen MR) is 215 cm³/mol. The lowest BCUT2D eigenvalue weighted by molar-refractivity contribution is 0.620. The number of rotatable bonds is 4. The Bertz CT molecular complexity index is 2930. The molecule has 0 aliphatic carbocycles. The van der Waals surface area contributed by atoms with Crippen LogP contribution in [-0.2, 0) is 0 Å². The molecular formula is C45H26N2OS2. The van der Waals surface area contributed by atoms with Crippen LogP contribution >= 0.6 is 22.7 Å². The van der Waals surface area contributed by atoms with Gasteiger partial charge in [-0.25, -0.2) is 4.98 Å². The number of hydrogen-bond donors (Lipinski definition) is 0. The van der Waals surface area contributed by atoms with Crippen LogP contribution in [0.4, 0.5) is 17.1 Å². The summed E-state index contributed by atoms with van der Waals surface area (Å²) < 4.78 is 11.4. The Morgan fingerprint density at radius 2 is 0.960 bits per heavy atom. The van der Waals surface area contributed by atoms with E-state index in [9.17, 15) is 0 Å². The smallest absolute Gasteiger partial charge is 0.227 e. The van der Waals surface area contributed by atoms with Crippen LogP contribution in [0.2, 0.25) is 0 Å². The molecule has 3 aromatic heterocycles. The summed E-state index contributed by atoms with van der Waals surface area (Å²) in [5, 5.41) is 10.3. The molecule has 3 nitrogen and oxygen atoms in total.